The summed E-state index contributed by atoms with van der Waals surface area (Å²) < 4.78 is 52.7. The van der Waals surface area contributed by atoms with Crippen molar-refractivity contribution in [1.82, 2.24) is 20.5 Å². The normalized spacial score (nSPS) is 11.3. The van der Waals surface area contributed by atoms with E-state index in [1.165, 1.54) is 36.7 Å². The fourth-order valence-corrected chi connectivity index (χ4v) is 3.08. The van der Waals surface area contributed by atoms with Gasteiger partial charge in [-0.3, -0.25) is 15.3 Å². The summed E-state index contributed by atoms with van der Waals surface area (Å²) in [4.78, 5) is 13.8. The molecule has 0 aliphatic rings. The molecular weight excluding hydrogens is 366 g/mol. The molecule has 26 heavy (non-hydrogen) atoms. The van der Waals surface area contributed by atoms with Gasteiger partial charge >= 0.3 is 0 Å². The molecule has 0 aliphatic carbocycles. The van der Waals surface area contributed by atoms with Crippen LogP contribution in [-0.4, -0.2) is 24.5 Å². The first-order chi connectivity index (χ1) is 12.4. The molecule has 0 saturated heterocycles. The van der Waals surface area contributed by atoms with Crippen molar-refractivity contribution in [2.45, 2.75) is 4.90 Å². The Kier molecular flexibility index (Phi) is 4.78. The van der Waals surface area contributed by atoms with Crippen molar-refractivity contribution < 1.29 is 22.0 Å². The summed E-state index contributed by atoms with van der Waals surface area (Å²) >= 11 is 0. The fraction of sp³-hybridized carbons (Fsp3) is 0. The van der Waals surface area contributed by atoms with Crippen LogP contribution >= 0.6 is 0 Å². The maximum Gasteiger partial charge on any atom is 0.272 e. The van der Waals surface area contributed by atoms with E-state index in [1.807, 2.05) is 5.43 Å². The van der Waals surface area contributed by atoms with E-state index >= 15 is 0 Å². The highest BCUT2D eigenvalue weighted by atomic mass is 32.2. The molecule has 7 nitrogen and oxygen atoms in total. The average molecular weight is 378 g/mol. The fourth-order valence-electron chi connectivity index (χ4n) is 2.22. The minimum Gasteiger partial charge on any atom is -0.285 e. The van der Waals surface area contributed by atoms with Gasteiger partial charge in [0.25, 0.3) is 15.9 Å². The molecule has 134 valence electrons. The van der Waals surface area contributed by atoms with Gasteiger partial charge in [0.1, 0.15) is 17.2 Å². The van der Waals surface area contributed by atoms with Gasteiger partial charge in [-0.2, -0.15) is 5.10 Å². The van der Waals surface area contributed by atoms with Crippen LogP contribution in [0.4, 0.5) is 8.78 Å². The summed E-state index contributed by atoms with van der Waals surface area (Å²) in [6.45, 7) is 0. The predicted octanol–water partition coefficient (Wildman–Crippen LogP) is 1.98. The quantitative estimate of drug-likeness (QED) is 0.591. The van der Waals surface area contributed by atoms with Crippen LogP contribution in [0.25, 0.3) is 11.1 Å². The third-order valence-corrected chi connectivity index (χ3v) is 4.74. The molecule has 0 saturated carbocycles. The van der Waals surface area contributed by atoms with Crippen molar-refractivity contribution in [1.29, 1.82) is 0 Å². The molecule has 3 aromatic rings. The molecule has 0 unspecified atom stereocenters. The van der Waals surface area contributed by atoms with Gasteiger partial charge in [0, 0.05) is 17.3 Å². The van der Waals surface area contributed by atoms with Gasteiger partial charge in [0.15, 0.2) is 0 Å². The van der Waals surface area contributed by atoms with Crippen LogP contribution in [0.1, 0.15) is 10.4 Å². The van der Waals surface area contributed by atoms with E-state index in [0.29, 0.717) is 5.56 Å². The molecular formula is C16H12F2N4O3S. The van der Waals surface area contributed by atoms with Crippen molar-refractivity contribution in [2.75, 3.05) is 0 Å². The number of carbonyl (C=O) groups excluding carboxylic acids is 1. The van der Waals surface area contributed by atoms with E-state index in [-0.39, 0.29) is 10.5 Å². The highest BCUT2D eigenvalue weighted by molar-refractivity contribution is 7.89. The molecule has 0 radical (unpaired) electrons. The summed E-state index contributed by atoms with van der Waals surface area (Å²) in [5.41, 5.74) is 1.14. The number of rotatable bonds is 5. The van der Waals surface area contributed by atoms with Crippen LogP contribution in [0.3, 0.4) is 0 Å². The lowest BCUT2D eigenvalue weighted by molar-refractivity contribution is 0.0936. The predicted molar refractivity (Wildman–Crippen MR) is 88.2 cm³/mol. The molecule has 0 fully saturated rings. The van der Waals surface area contributed by atoms with Crippen molar-refractivity contribution in [2.24, 2.45) is 0 Å². The van der Waals surface area contributed by atoms with Gasteiger partial charge in [-0.15, -0.1) is 4.83 Å². The Morgan fingerprint density at radius 1 is 1.08 bits per heavy atom. The number of sulfonamides is 1. The number of aromatic amines is 1. The molecule has 0 spiro atoms. The van der Waals surface area contributed by atoms with Crippen LogP contribution in [0, 0.1) is 11.6 Å². The van der Waals surface area contributed by atoms with Crippen molar-refractivity contribution >= 4 is 15.9 Å². The topological polar surface area (TPSA) is 104 Å². The molecule has 1 aromatic heterocycles. The smallest absolute Gasteiger partial charge is 0.272 e. The maximum absolute atomic E-state index is 14.6. The Morgan fingerprint density at radius 2 is 1.81 bits per heavy atom. The second kappa shape index (κ2) is 7.02. The van der Waals surface area contributed by atoms with E-state index in [2.05, 4.69) is 10.2 Å². The van der Waals surface area contributed by atoms with Crippen molar-refractivity contribution in [3.63, 3.8) is 0 Å². The molecule has 1 amide bonds. The van der Waals surface area contributed by atoms with Crippen LogP contribution in [-0.2, 0) is 10.0 Å². The number of nitrogens with zero attached hydrogens (tertiary/aromatic N) is 1. The highest BCUT2D eigenvalue weighted by Crippen LogP contribution is 2.25. The van der Waals surface area contributed by atoms with Crippen LogP contribution < -0.4 is 10.3 Å². The van der Waals surface area contributed by atoms with Crippen LogP contribution in [0.5, 0.6) is 0 Å². The Hall–Kier alpha value is -3.11. The van der Waals surface area contributed by atoms with E-state index in [9.17, 15) is 22.0 Å². The first-order valence-electron chi connectivity index (χ1n) is 7.24. The molecule has 0 bridgehead atoms. The number of nitrogens with one attached hydrogen (secondary N) is 3. The SMILES string of the molecule is O=C(NNS(=O)(=O)c1ccccc1)c1c(F)ccc(-c2cn[nH]c2)c1F. The Morgan fingerprint density at radius 3 is 2.46 bits per heavy atom. The zero-order chi connectivity index (χ0) is 18.7. The van der Waals surface area contributed by atoms with E-state index in [1.54, 1.807) is 10.9 Å². The number of hydrazine groups is 1. The van der Waals surface area contributed by atoms with Crippen molar-refractivity contribution in [3.05, 3.63) is 72.1 Å². The van der Waals surface area contributed by atoms with Gasteiger partial charge in [-0.1, -0.05) is 18.2 Å². The third kappa shape index (κ3) is 3.46. The molecule has 0 aliphatic heterocycles. The van der Waals surface area contributed by atoms with Gasteiger partial charge in [0.05, 0.1) is 11.1 Å². The lowest BCUT2D eigenvalue weighted by Crippen LogP contribution is -2.42. The number of carbonyl (C=O) groups is 1. The molecule has 3 N–H and O–H groups in total. The largest absolute Gasteiger partial charge is 0.285 e. The van der Waals surface area contributed by atoms with E-state index in [0.717, 1.165) is 12.1 Å². The summed E-state index contributed by atoms with van der Waals surface area (Å²) in [5, 5.41) is 6.14. The number of halogens is 2. The number of hydrogen-bond donors (Lipinski definition) is 3. The lowest BCUT2D eigenvalue weighted by atomic mass is 10.0. The molecule has 10 heteroatoms. The maximum atomic E-state index is 14.6. The number of benzene rings is 2. The first kappa shape index (κ1) is 17.7. The van der Waals surface area contributed by atoms with Crippen molar-refractivity contribution in [3.8, 4) is 11.1 Å². The zero-order valence-electron chi connectivity index (χ0n) is 13.0. The molecule has 1 heterocycles. The zero-order valence-corrected chi connectivity index (χ0v) is 13.8. The monoisotopic (exact) mass is 378 g/mol. The average Bonchev–Trinajstić information content (AvgIpc) is 3.15. The summed E-state index contributed by atoms with van der Waals surface area (Å²) in [6.07, 6.45) is 2.67. The number of amides is 1. The van der Waals surface area contributed by atoms with Crippen LogP contribution in [0.2, 0.25) is 0 Å². The van der Waals surface area contributed by atoms with Gasteiger partial charge < -0.3 is 0 Å². The second-order valence-corrected chi connectivity index (χ2v) is 6.83. The minimum absolute atomic E-state index is 0.0591. The minimum atomic E-state index is -4.08. The Balaban J connectivity index is 1.86. The first-order valence-corrected chi connectivity index (χ1v) is 8.73. The molecule has 2 aromatic carbocycles. The summed E-state index contributed by atoms with van der Waals surface area (Å²) in [5.74, 6) is -3.54. The summed E-state index contributed by atoms with van der Waals surface area (Å²) in [6, 6.07) is 9.26. The summed E-state index contributed by atoms with van der Waals surface area (Å²) in [7, 11) is -4.08. The number of H-pyrrole nitrogens is 1. The Labute approximate surface area is 147 Å². The van der Waals surface area contributed by atoms with Gasteiger partial charge in [-0.25, -0.2) is 17.2 Å². The van der Waals surface area contributed by atoms with Gasteiger partial charge in [-0.05, 0) is 24.3 Å². The van der Waals surface area contributed by atoms with Crippen LogP contribution in [0.15, 0.2) is 59.8 Å². The Bertz CT molecular complexity index is 1040. The number of hydrogen-bond acceptors (Lipinski definition) is 4. The van der Waals surface area contributed by atoms with E-state index in [4.69, 9.17) is 0 Å². The van der Waals surface area contributed by atoms with E-state index < -0.39 is 33.1 Å². The molecule has 0 atom stereocenters. The second-order valence-electron chi connectivity index (χ2n) is 5.14. The number of aromatic nitrogens is 2. The van der Waals surface area contributed by atoms with Gasteiger partial charge in [0.2, 0.25) is 0 Å². The third-order valence-electron chi connectivity index (χ3n) is 3.48. The standard InChI is InChI=1S/C16H12F2N4O3S/c17-13-7-6-12(10-8-19-20-9-10)15(18)14(13)16(23)21-22-26(24,25)11-4-2-1-3-5-11/h1-9,22H,(H,19,20)(H,21,23). The molecule has 3 rings (SSSR count). The highest BCUT2D eigenvalue weighted by Gasteiger charge is 2.23. The lowest BCUT2D eigenvalue weighted by Gasteiger charge is -2.11.